The number of halogens is 1. The molecule has 1 aromatic carbocycles. The number of ether oxygens (including phenoxy) is 2. The Morgan fingerprint density at radius 3 is 2.71 bits per heavy atom. The summed E-state index contributed by atoms with van der Waals surface area (Å²) >= 11 is 5.87. The lowest BCUT2D eigenvalue weighted by atomic mass is 9.79. The Labute approximate surface area is 127 Å². The van der Waals surface area contributed by atoms with Crippen LogP contribution in [0.25, 0.3) is 0 Å². The molecule has 1 unspecified atom stereocenters. The second-order valence-electron chi connectivity index (χ2n) is 5.27. The molecule has 2 rings (SSSR count). The summed E-state index contributed by atoms with van der Waals surface area (Å²) < 4.78 is 10.5. The highest BCUT2D eigenvalue weighted by atomic mass is 35.5. The first-order valence-electron chi connectivity index (χ1n) is 6.26. The van der Waals surface area contributed by atoms with Crippen LogP contribution < -0.4 is 4.74 Å². The molecule has 112 valence electrons. The van der Waals surface area contributed by atoms with Crippen LogP contribution in [0.3, 0.4) is 0 Å². The average molecular weight is 311 g/mol. The van der Waals surface area contributed by atoms with Gasteiger partial charge in [-0.1, -0.05) is 11.6 Å². The Morgan fingerprint density at radius 2 is 2.14 bits per heavy atom. The Hall–Kier alpha value is -2.01. The smallest absolute Gasteiger partial charge is 0.315 e. The van der Waals surface area contributed by atoms with Crippen LogP contribution in [0.4, 0.5) is 0 Å². The van der Waals surface area contributed by atoms with Gasteiger partial charge >= 0.3 is 5.97 Å². The maximum absolute atomic E-state index is 12.4. The largest absolute Gasteiger partial charge is 0.515 e. The van der Waals surface area contributed by atoms with Crippen molar-refractivity contribution in [2.24, 2.45) is 5.41 Å². The number of esters is 1. The molecule has 21 heavy (non-hydrogen) atoms. The SMILES string of the molecule is COC(=O)C(C)(C)C1Oc2ccc(Cl)cc2C(=O)/C1=C\O. The maximum Gasteiger partial charge on any atom is 0.315 e. The minimum atomic E-state index is -1.14. The predicted molar refractivity (Wildman–Crippen MR) is 76.7 cm³/mol. The molecule has 1 atom stereocenters. The van der Waals surface area contributed by atoms with E-state index in [9.17, 15) is 14.7 Å². The fourth-order valence-electron chi connectivity index (χ4n) is 2.28. The van der Waals surface area contributed by atoms with Crippen molar-refractivity contribution in [3.63, 3.8) is 0 Å². The van der Waals surface area contributed by atoms with E-state index in [1.165, 1.54) is 13.2 Å². The van der Waals surface area contributed by atoms with Gasteiger partial charge in [0.1, 0.15) is 17.3 Å². The second kappa shape index (κ2) is 5.41. The summed E-state index contributed by atoms with van der Waals surface area (Å²) in [6.45, 7) is 3.17. The summed E-state index contributed by atoms with van der Waals surface area (Å²) in [6, 6.07) is 4.61. The van der Waals surface area contributed by atoms with Gasteiger partial charge in [-0.05, 0) is 32.0 Å². The highest BCUT2D eigenvalue weighted by molar-refractivity contribution is 6.31. The first kappa shape index (κ1) is 15.4. The van der Waals surface area contributed by atoms with Gasteiger partial charge in [-0.3, -0.25) is 9.59 Å². The number of fused-ring (bicyclic) bond motifs is 1. The molecular formula is C15H15ClO5. The number of aliphatic hydroxyl groups is 1. The Bertz CT molecular complexity index is 633. The second-order valence-corrected chi connectivity index (χ2v) is 5.70. The molecule has 0 amide bonds. The van der Waals surface area contributed by atoms with Gasteiger partial charge in [0.15, 0.2) is 5.78 Å². The Morgan fingerprint density at radius 1 is 1.48 bits per heavy atom. The third-order valence-corrected chi connectivity index (χ3v) is 3.72. The molecule has 1 aromatic rings. The fraction of sp³-hybridized carbons (Fsp3) is 0.333. The Kier molecular flexibility index (Phi) is 3.96. The molecule has 0 bridgehead atoms. The molecule has 0 aliphatic carbocycles. The van der Waals surface area contributed by atoms with Gasteiger partial charge in [-0.25, -0.2) is 0 Å². The summed E-state index contributed by atoms with van der Waals surface area (Å²) in [7, 11) is 1.25. The van der Waals surface area contributed by atoms with Gasteiger partial charge in [-0.2, -0.15) is 0 Å². The van der Waals surface area contributed by atoms with E-state index in [0.717, 1.165) is 0 Å². The van der Waals surface area contributed by atoms with Gasteiger partial charge in [0.2, 0.25) is 0 Å². The topological polar surface area (TPSA) is 72.8 Å². The van der Waals surface area contributed by atoms with Crippen LogP contribution in [-0.4, -0.2) is 30.1 Å². The number of carbonyl (C=O) groups excluding carboxylic acids is 2. The van der Waals surface area contributed by atoms with Crippen molar-refractivity contribution in [2.45, 2.75) is 20.0 Å². The molecule has 0 radical (unpaired) electrons. The van der Waals surface area contributed by atoms with Crippen LogP contribution in [0.15, 0.2) is 30.0 Å². The normalized spacial score (nSPS) is 19.9. The molecule has 0 aromatic heterocycles. The van der Waals surface area contributed by atoms with Gasteiger partial charge in [0.25, 0.3) is 0 Å². The summed E-state index contributed by atoms with van der Waals surface area (Å²) in [6.07, 6.45) is -0.280. The summed E-state index contributed by atoms with van der Waals surface area (Å²) in [5.41, 5.74) is -0.907. The predicted octanol–water partition coefficient (Wildman–Crippen LogP) is 2.92. The number of benzene rings is 1. The van der Waals surface area contributed by atoms with E-state index in [1.807, 2.05) is 0 Å². The molecule has 6 heteroatoms. The lowest BCUT2D eigenvalue weighted by Crippen LogP contribution is -2.46. The van der Waals surface area contributed by atoms with E-state index >= 15 is 0 Å². The third-order valence-electron chi connectivity index (χ3n) is 3.48. The number of methoxy groups -OCH3 is 1. The van der Waals surface area contributed by atoms with E-state index in [4.69, 9.17) is 21.1 Å². The molecule has 0 fully saturated rings. The summed E-state index contributed by atoms with van der Waals surface area (Å²) in [5.74, 6) is -0.655. The monoisotopic (exact) mass is 310 g/mol. The fourth-order valence-corrected chi connectivity index (χ4v) is 2.45. The molecule has 0 spiro atoms. The van der Waals surface area contributed by atoms with E-state index in [1.54, 1.807) is 26.0 Å². The number of rotatable bonds is 2. The van der Waals surface area contributed by atoms with Gasteiger partial charge < -0.3 is 14.6 Å². The molecule has 0 saturated heterocycles. The summed E-state index contributed by atoms with van der Waals surface area (Å²) in [4.78, 5) is 24.4. The zero-order valence-corrected chi connectivity index (χ0v) is 12.6. The van der Waals surface area contributed by atoms with E-state index in [-0.39, 0.29) is 11.1 Å². The van der Waals surface area contributed by atoms with Crippen LogP contribution in [0.1, 0.15) is 24.2 Å². The van der Waals surface area contributed by atoms with Crippen LogP contribution >= 0.6 is 11.6 Å². The zero-order valence-electron chi connectivity index (χ0n) is 11.8. The summed E-state index contributed by atoms with van der Waals surface area (Å²) in [5, 5.41) is 9.78. The number of ketones is 1. The van der Waals surface area contributed by atoms with Crippen molar-refractivity contribution in [2.75, 3.05) is 7.11 Å². The average Bonchev–Trinajstić information content (AvgIpc) is 2.46. The van der Waals surface area contributed by atoms with Crippen molar-refractivity contribution >= 4 is 23.4 Å². The van der Waals surface area contributed by atoms with E-state index in [0.29, 0.717) is 17.0 Å². The molecule has 5 nitrogen and oxygen atoms in total. The molecule has 1 aliphatic heterocycles. The highest BCUT2D eigenvalue weighted by Crippen LogP contribution is 2.39. The van der Waals surface area contributed by atoms with Gasteiger partial charge in [-0.15, -0.1) is 0 Å². The highest BCUT2D eigenvalue weighted by Gasteiger charge is 2.47. The van der Waals surface area contributed by atoms with E-state index < -0.39 is 23.3 Å². The number of carbonyl (C=O) groups is 2. The molecule has 1 aliphatic rings. The van der Waals surface area contributed by atoms with Crippen molar-refractivity contribution in [3.05, 3.63) is 40.6 Å². The number of hydrogen-bond acceptors (Lipinski definition) is 5. The van der Waals surface area contributed by atoms with Crippen LogP contribution in [0.2, 0.25) is 5.02 Å². The van der Waals surface area contributed by atoms with Crippen molar-refractivity contribution in [3.8, 4) is 5.75 Å². The lowest BCUT2D eigenvalue weighted by molar-refractivity contribution is -0.155. The first-order valence-corrected chi connectivity index (χ1v) is 6.64. The number of hydrogen-bond donors (Lipinski definition) is 1. The molecule has 1 heterocycles. The molecule has 0 saturated carbocycles. The minimum absolute atomic E-state index is 0.0137. The first-order chi connectivity index (χ1) is 9.82. The number of Topliss-reactive ketones (excluding diaryl/α,β-unsaturated/α-hetero) is 1. The molecular weight excluding hydrogens is 296 g/mol. The Balaban J connectivity index is 2.54. The third kappa shape index (κ3) is 2.49. The lowest BCUT2D eigenvalue weighted by Gasteiger charge is -2.36. The zero-order chi connectivity index (χ0) is 15.8. The quantitative estimate of drug-likeness (QED) is 0.516. The molecule has 1 N–H and O–H groups in total. The maximum atomic E-state index is 12.4. The van der Waals surface area contributed by atoms with E-state index in [2.05, 4.69) is 0 Å². The minimum Gasteiger partial charge on any atom is -0.515 e. The van der Waals surface area contributed by atoms with Crippen LogP contribution in [-0.2, 0) is 9.53 Å². The van der Waals surface area contributed by atoms with Crippen molar-refractivity contribution < 1.29 is 24.2 Å². The standard InChI is InChI=1S/C15H15ClO5/c1-15(2,14(19)20-3)13-10(7-17)12(18)9-6-8(16)4-5-11(9)21-13/h4-7,13,17H,1-3H3/b10-7+. The van der Waals surface area contributed by atoms with Crippen molar-refractivity contribution in [1.82, 2.24) is 0 Å². The van der Waals surface area contributed by atoms with Gasteiger partial charge in [0, 0.05) is 5.02 Å². The van der Waals surface area contributed by atoms with Crippen LogP contribution in [0, 0.1) is 5.41 Å². The van der Waals surface area contributed by atoms with Gasteiger partial charge in [0.05, 0.1) is 24.5 Å². The van der Waals surface area contributed by atoms with Crippen molar-refractivity contribution in [1.29, 1.82) is 0 Å². The number of aliphatic hydroxyl groups excluding tert-OH is 1. The van der Waals surface area contributed by atoms with Crippen LogP contribution in [0.5, 0.6) is 5.75 Å².